The molecule has 2 unspecified atom stereocenters. The van der Waals surface area contributed by atoms with Crippen LogP contribution in [0.1, 0.15) is 39.0 Å². The Morgan fingerprint density at radius 1 is 1.12 bits per heavy atom. The Morgan fingerprint density at radius 3 is 2.47 bits per heavy atom. The number of rotatable bonds is 4. The van der Waals surface area contributed by atoms with Crippen LogP contribution in [-0.4, -0.2) is 47.6 Å². The molecule has 1 saturated carbocycles. The summed E-state index contributed by atoms with van der Waals surface area (Å²) in [5.74, 6) is 2.41. The number of likely N-dealkylation sites (tertiary alicyclic amines) is 1. The zero-order chi connectivity index (χ0) is 11.7. The molecule has 98 valence electrons. The summed E-state index contributed by atoms with van der Waals surface area (Å²) < 4.78 is 0. The summed E-state index contributed by atoms with van der Waals surface area (Å²) in [5, 5.41) is 4.64. The minimum absolute atomic E-state index is 0.816. The van der Waals surface area contributed by atoms with Crippen molar-refractivity contribution in [2.75, 3.05) is 25.4 Å². The van der Waals surface area contributed by atoms with Crippen LogP contribution in [0.25, 0.3) is 0 Å². The molecule has 17 heavy (non-hydrogen) atoms. The first-order valence-corrected chi connectivity index (χ1v) is 8.47. The van der Waals surface area contributed by atoms with Gasteiger partial charge in [0.05, 0.1) is 0 Å². The van der Waals surface area contributed by atoms with Crippen molar-refractivity contribution >= 4 is 11.8 Å². The van der Waals surface area contributed by atoms with E-state index in [2.05, 4.69) is 28.9 Å². The van der Waals surface area contributed by atoms with E-state index in [-0.39, 0.29) is 0 Å². The molecule has 1 N–H and O–H groups in total. The van der Waals surface area contributed by atoms with Gasteiger partial charge >= 0.3 is 0 Å². The maximum absolute atomic E-state index is 3.77. The van der Waals surface area contributed by atoms with E-state index in [1.54, 1.807) is 0 Å². The SMILES string of the molecule is CC1SCCC1N1CCC(NCC2CC2)CC1. The highest BCUT2D eigenvalue weighted by molar-refractivity contribution is 8.00. The third-order valence-electron chi connectivity index (χ3n) is 4.73. The minimum atomic E-state index is 0.816. The number of piperidine rings is 1. The largest absolute Gasteiger partial charge is 0.314 e. The van der Waals surface area contributed by atoms with Gasteiger partial charge in [-0.05, 0) is 63.4 Å². The molecule has 2 aliphatic heterocycles. The third kappa shape index (κ3) is 3.18. The van der Waals surface area contributed by atoms with Crippen LogP contribution in [-0.2, 0) is 0 Å². The highest BCUT2D eigenvalue weighted by atomic mass is 32.2. The lowest BCUT2D eigenvalue weighted by Gasteiger charge is -2.37. The monoisotopic (exact) mass is 254 g/mol. The van der Waals surface area contributed by atoms with Crippen LogP contribution < -0.4 is 5.32 Å². The molecule has 3 fully saturated rings. The minimum Gasteiger partial charge on any atom is -0.314 e. The molecule has 0 aromatic carbocycles. The molecule has 2 heterocycles. The van der Waals surface area contributed by atoms with Crippen LogP contribution >= 0.6 is 11.8 Å². The fourth-order valence-electron chi connectivity index (χ4n) is 3.29. The number of nitrogens with zero attached hydrogens (tertiary/aromatic N) is 1. The number of hydrogen-bond acceptors (Lipinski definition) is 3. The van der Waals surface area contributed by atoms with Gasteiger partial charge < -0.3 is 5.32 Å². The van der Waals surface area contributed by atoms with Gasteiger partial charge in [0.1, 0.15) is 0 Å². The maximum atomic E-state index is 3.77. The number of thioether (sulfide) groups is 1. The fraction of sp³-hybridized carbons (Fsp3) is 1.00. The maximum Gasteiger partial charge on any atom is 0.0219 e. The van der Waals surface area contributed by atoms with Gasteiger partial charge in [0.2, 0.25) is 0 Å². The summed E-state index contributed by atoms with van der Waals surface area (Å²) in [5.41, 5.74) is 0. The second-order valence-corrected chi connectivity index (χ2v) is 7.58. The summed E-state index contributed by atoms with van der Waals surface area (Å²) >= 11 is 2.16. The lowest BCUT2D eigenvalue weighted by atomic mass is 10.0. The molecule has 2 nitrogen and oxygen atoms in total. The molecule has 0 aromatic heterocycles. The third-order valence-corrected chi connectivity index (χ3v) is 6.04. The first-order valence-electron chi connectivity index (χ1n) is 7.42. The van der Waals surface area contributed by atoms with Crippen LogP contribution in [0, 0.1) is 5.92 Å². The van der Waals surface area contributed by atoms with Crippen LogP contribution in [0.15, 0.2) is 0 Å². The van der Waals surface area contributed by atoms with E-state index in [4.69, 9.17) is 0 Å². The Bertz CT molecular complexity index is 247. The van der Waals surface area contributed by atoms with Crippen LogP contribution in [0.4, 0.5) is 0 Å². The second-order valence-electron chi connectivity index (χ2n) is 6.09. The van der Waals surface area contributed by atoms with Gasteiger partial charge in [0.25, 0.3) is 0 Å². The molecule has 3 heteroatoms. The molecule has 1 aliphatic carbocycles. The molecule has 0 radical (unpaired) electrons. The second kappa shape index (κ2) is 5.50. The van der Waals surface area contributed by atoms with Crippen molar-refractivity contribution in [2.45, 2.75) is 56.4 Å². The van der Waals surface area contributed by atoms with Crippen molar-refractivity contribution in [1.29, 1.82) is 0 Å². The van der Waals surface area contributed by atoms with E-state index in [0.717, 1.165) is 23.3 Å². The summed E-state index contributed by atoms with van der Waals surface area (Å²) in [7, 11) is 0. The molecule has 2 atom stereocenters. The molecule has 2 saturated heterocycles. The van der Waals surface area contributed by atoms with Crippen molar-refractivity contribution < 1.29 is 0 Å². The average molecular weight is 254 g/mol. The van der Waals surface area contributed by atoms with Crippen LogP contribution in [0.2, 0.25) is 0 Å². The average Bonchev–Trinajstić information content (AvgIpc) is 3.09. The number of hydrogen-bond donors (Lipinski definition) is 1. The standard InChI is InChI=1S/C14H26N2S/c1-11-14(6-9-17-11)16-7-4-13(5-8-16)15-10-12-2-3-12/h11-15H,2-10H2,1H3. The van der Waals surface area contributed by atoms with Crippen molar-refractivity contribution in [3.05, 3.63) is 0 Å². The molecular formula is C14H26N2S. The highest BCUT2D eigenvalue weighted by Crippen LogP contribution is 2.32. The molecule has 3 rings (SSSR count). The van der Waals surface area contributed by atoms with E-state index in [0.29, 0.717) is 0 Å². The van der Waals surface area contributed by atoms with Crippen molar-refractivity contribution in [1.82, 2.24) is 10.2 Å². The van der Waals surface area contributed by atoms with Gasteiger partial charge in [-0.3, -0.25) is 4.90 Å². The lowest BCUT2D eigenvalue weighted by molar-refractivity contribution is 0.143. The highest BCUT2D eigenvalue weighted by Gasteiger charge is 2.32. The van der Waals surface area contributed by atoms with Gasteiger partial charge in [-0.25, -0.2) is 0 Å². The van der Waals surface area contributed by atoms with Gasteiger partial charge in [0, 0.05) is 17.3 Å². The van der Waals surface area contributed by atoms with Crippen LogP contribution in [0.3, 0.4) is 0 Å². The predicted molar refractivity (Wildman–Crippen MR) is 75.6 cm³/mol. The smallest absolute Gasteiger partial charge is 0.0219 e. The molecule has 0 spiro atoms. The summed E-state index contributed by atoms with van der Waals surface area (Å²) in [4.78, 5) is 2.76. The Hall–Kier alpha value is 0.270. The molecule has 3 aliphatic rings. The molecule has 0 bridgehead atoms. The Balaban J connectivity index is 1.40. The summed E-state index contributed by atoms with van der Waals surface area (Å²) in [6.07, 6.45) is 7.12. The van der Waals surface area contributed by atoms with Crippen molar-refractivity contribution in [3.63, 3.8) is 0 Å². The lowest BCUT2D eigenvalue weighted by Crippen LogP contribution is -2.48. The summed E-state index contributed by atoms with van der Waals surface area (Å²) in [6, 6.07) is 1.69. The first-order chi connectivity index (χ1) is 8.33. The Morgan fingerprint density at radius 2 is 1.88 bits per heavy atom. The van der Waals surface area contributed by atoms with Gasteiger partial charge in [0.15, 0.2) is 0 Å². The topological polar surface area (TPSA) is 15.3 Å². The van der Waals surface area contributed by atoms with Gasteiger partial charge in [-0.2, -0.15) is 11.8 Å². The van der Waals surface area contributed by atoms with E-state index in [1.165, 1.54) is 57.5 Å². The van der Waals surface area contributed by atoms with Gasteiger partial charge in [-0.15, -0.1) is 0 Å². The zero-order valence-corrected chi connectivity index (χ0v) is 11.8. The molecular weight excluding hydrogens is 228 g/mol. The van der Waals surface area contributed by atoms with E-state index in [9.17, 15) is 0 Å². The van der Waals surface area contributed by atoms with E-state index in [1.807, 2.05) is 0 Å². The first kappa shape index (κ1) is 12.3. The Labute approximate surface area is 110 Å². The Kier molecular flexibility index (Phi) is 3.98. The van der Waals surface area contributed by atoms with Crippen molar-refractivity contribution in [2.24, 2.45) is 5.92 Å². The van der Waals surface area contributed by atoms with E-state index < -0.39 is 0 Å². The summed E-state index contributed by atoms with van der Waals surface area (Å²) in [6.45, 7) is 6.37. The molecule has 0 aromatic rings. The van der Waals surface area contributed by atoms with Gasteiger partial charge in [-0.1, -0.05) is 6.92 Å². The van der Waals surface area contributed by atoms with Crippen LogP contribution in [0.5, 0.6) is 0 Å². The zero-order valence-electron chi connectivity index (χ0n) is 11.0. The fourth-order valence-corrected chi connectivity index (χ4v) is 4.57. The predicted octanol–water partition coefficient (Wildman–Crippen LogP) is 2.34. The number of nitrogens with one attached hydrogen (secondary N) is 1. The quantitative estimate of drug-likeness (QED) is 0.829. The van der Waals surface area contributed by atoms with E-state index >= 15 is 0 Å². The normalized spacial score (nSPS) is 36.5. The van der Waals surface area contributed by atoms with Crippen molar-refractivity contribution in [3.8, 4) is 0 Å². The molecule has 0 amide bonds.